The molecule has 1 aliphatic carbocycles. The van der Waals surface area contributed by atoms with Crippen LogP contribution < -0.4 is 5.73 Å². The molecule has 0 atom stereocenters. The first-order valence-corrected chi connectivity index (χ1v) is 6.14. The van der Waals surface area contributed by atoms with Crippen LogP contribution in [0.1, 0.15) is 43.3 Å². The minimum Gasteiger partial charge on any atom is -0.475 e. The summed E-state index contributed by atoms with van der Waals surface area (Å²) < 4.78 is 31.7. The summed E-state index contributed by atoms with van der Waals surface area (Å²) in [6, 6.07) is 0.399. The van der Waals surface area contributed by atoms with Crippen LogP contribution in [-0.4, -0.2) is 38.5 Å². The van der Waals surface area contributed by atoms with Gasteiger partial charge in [0.2, 0.25) is 0 Å². The molecule has 1 saturated carbocycles. The maximum Gasteiger partial charge on any atom is 0.490 e. The van der Waals surface area contributed by atoms with Gasteiger partial charge < -0.3 is 10.8 Å². The molecule has 0 saturated heterocycles. The number of alkyl halides is 3. The summed E-state index contributed by atoms with van der Waals surface area (Å²) >= 11 is 0. The lowest BCUT2D eigenvalue weighted by atomic mass is 9.86. The minimum atomic E-state index is -5.08. The highest BCUT2D eigenvalue weighted by molar-refractivity contribution is 5.73. The lowest BCUT2D eigenvalue weighted by molar-refractivity contribution is -0.192. The van der Waals surface area contributed by atoms with Gasteiger partial charge in [0, 0.05) is 12.0 Å². The number of carbonyl (C=O) groups is 1. The molecule has 1 fully saturated rings. The van der Waals surface area contributed by atoms with Crippen LogP contribution in [0, 0.1) is 6.92 Å². The maximum absolute atomic E-state index is 10.6. The third-order valence-electron chi connectivity index (χ3n) is 2.99. The number of hydrogen-bond acceptors (Lipinski definition) is 4. The van der Waals surface area contributed by atoms with Crippen LogP contribution in [0.2, 0.25) is 0 Å². The normalized spacial score (nSPS) is 22.9. The van der Waals surface area contributed by atoms with E-state index >= 15 is 0 Å². The second-order valence-electron chi connectivity index (χ2n) is 4.69. The van der Waals surface area contributed by atoms with Gasteiger partial charge in [-0.25, -0.2) is 9.78 Å². The molecule has 0 bridgehead atoms. The molecule has 114 valence electrons. The van der Waals surface area contributed by atoms with Crippen LogP contribution >= 0.6 is 0 Å². The largest absolute Gasteiger partial charge is 0.490 e. The molecule has 1 heterocycles. The van der Waals surface area contributed by atoms with Gasteiger partial charge in [0.15, 0.2) is 5.82 Å². The Labute approximate surface area is 113 Å². The van der Waals surface area contributed by atoms with Crippen LogP contribution in [0.25, 0.3) is 0 Å². The Bertz CT molecular complexity index is 439. The van der Waals surface area contributed by atoms with Gasteiger partial charge in [-0.2, -0.15) is 18.3 Å². The van der Waals surface area contributed by atoms with Gasteiger partial charge in [-0.3, -0.25) is 5.10 Å². The Morgan fingerprint density at radius 3 is 2.20 bits per heavy atom. The predicted molar refractivity (Wildman–Crippen MR) is 64.0 cm³/mol. The fraction of sp³-hybridized carbons (Fsp3) is 0.727. The van der Waals surface area contributed by atoms with Gasteiger partial charge in [-0.1, -0.05) is 0 Å². The van der Waals surface area contributed by atoms with Crippen LogP contribution in [0.4, 0.5) is 13.2 Å². The zero-order valence-electron chi connectivity index (χ0n) is 10.9. The maximum atomic E-state index is 10.6. The fourth-order valence-electron chi connectivity index (χ4n) is 1.92. The monoisotopic (exact) mass is 294 g/mol. The van der Waals surface area contributed by atoms with Gasteiger partial charge >= 0.3 is 12.1 Å². The van der Waals surface area contributed by atoms with E-state index in [0.717, 1.165) is 37.3 Å². The second-order valence-corrected chi connectivity index (χ2v) is 4.69. The average Bonchev–Trinajstić information content (AvgIpc) is 2.76. The van der Waals surface area contributed by atoms with Crippen LogP contribution in [0.15, 0.2) is 0 Å². The van der Waals surface area contributed by atoms with Crippen molar-refractivity contribution in [3.63, 3.8) is 0 Å². The molecule has 20 heavy (non-hydrogen) atoms. The summed E-state index contributed by atoms with van der Waals surface area (Å²) in [6.07, 6.45) is -0.590. The van der Waals surface area contributed by atoms with E-state index in [2.05, 4.69) is 15.2 Å². The van der Waals surface area contributed by atoms with Crippen molar-refractivity contribution in [2.24, 2.45) is 5.73 Å². The summed E-state index contributed by atoms with van der Waals surface area (Å²) in [5, 5.41) is 14.2. The van der Waals surface area contributed by atoms with E-state index in [1.165, 1.54) is 0 Å². The number of aliphatic carboxylic acids is 1. The molecule has 0 amide bonds. The van der Waals surface area contributed by atoms with Gasteiger partial charge in [-0.05, 0) is 32.6 Å². The fourth-order valence-corrected chi connectivity index (χ4v) is 1.92. The molecule has 4 N–H and O–H groups in total. The van der Waals surface area contributed by atoms with E-state index in [-0.39, 0.29) is 0 Å². The number of carboxylic acids is 1. The number of aromatic nitrogens is 3. The SMILES string of the molecule is Cc1nc(C2CCC(N)CC2)n[nH]1.O=C(O)C(F)(F)F. The number of aryl methyl sites for hydroxylation is 1. The predicted octanol–water partition coefficient (Wildman–Crippen LogP) is 1.73. The first-order valence-electron chi connectivity index (χ1n) is 6.14. The second kappa shape index (κ2) is 6.69. The quantitative estimate of drug-likeness (QED) is 0.731. The highest BCUT2D eigenvalue weighted by Crippen LogP contribution is 2.29. The summed E-state index contributed by atoms with van der Waals surface area (Å²) in [4.78, 5) is 13.2. The van der Waals surface area contributed by atoms with Gasteiger partial charge in [0.25, 0.3) is 0 Å². The molecule has 1 aromatic heterocycles. The van der Waals surface area contributed by atoms with E-state index < -0.39 is 12.1 Å². The average molecular weight is 294 g/mol. The van der Waals surface area contributed by atoms with Gasteiger partial charge in [0.05, 0.1) is 0 Å². The number of hydrogen-bond donors (Lipinski definition) is 3. The number of rotatable bonds is 1. The number of carboxylic acid groups (broad SMARTS) is 1. The minimum absolute atomic E-state index is 0.399. The lowest BCUT2D eigenvalue weighted by Crippen LogP contribution is -2.26. The molecular formula is C11H17F3N4O2. The first-order chi connectivity index (χ1) is 9.20. The van der Waals surface area contributed by atoms with Crippen LogP contribution in [0.5, 0.6) is 0 Å². The summed E-state index contributed by atoms with van der Waals surface area (Å²) in [6.45, 7) is 1.94. The van der Waals surface area contributed by atoms with E-state index in [1.807, 2.05) is 6.92 Å². The third kappa shape index (κ3) is 5.16. The van der Waals surface area contributed by atoms with E-state index in [9.17, 15) is 13.2 Å². The van der Waals surface area contributed by atoms with Crippen LogP contribution in [0.3, 0.4) is 0 Å². The Morgan fingerprint density at radius 2 is 1.85 bits per heavy atom. The Balaban J connectivity index is 0.000000246. The smallest absolute Gasteiger partial charge is 0.475 e. The van der Waals surface area contributed by atoms with E-state index in [1.54, 1.807) is 0 Å². The standard InChI is InChI=1S/C9H16N4.C2HF3O2/c1-6-11-9(13-12-6)7-2-4-8(10)5-3-7;3-2(4,5)1(6)7/h7-8H,2-5,10H2,1H3,(H,11,12,13);(H,6,7). The Kier molecular flexibility index (Phi) is 5.49. The molecule has 6 nitrogen and oxygen atoms in total. The molecular weight excluding hydrogens is 277 g/mol. The topological polar surface area (TPSA) is 105 Å². The van der Waals surface area contributed by atoms with Crippen molar-refractivity contribution < 1.29 is 23.1 Å². The molecule has 0 radical (unpaired) electrons. The summed E-state index contributed by atoms with van der Waals surface area (Å²) in [7, 11) is 0. The molecule has 2 rings (SSSR count). The number of halogens is 3. The van der Waals surface area contributed by atoms with Crippen LogP contribution in [-0.2, 0) is 4.79 Å². The highest BCUT2D eigenvalue weighted by atomic mass is 19.4. The van der Waals surface area contributed by atoms with Crippen molar-refractivity contribution in [2.75, 3.05) is 0 Å². The molecule has 0 aromatic carbocycles. The highest BCUT2D eigenvalue weighted by Gasteiger charge is 2.38. The van der Waals surface area contributed by atoms with Crippen molar-refractivity contribution in [2.45, 2.75) is 50.7 Å². The van der Waals surface area contributed by atoms with E-state index in [0.29, 0.717) is 12.0 Å². The van der Waals surface area contributed by atoms with E-state index in [4.69, 9.17) is 15.6 Å². The zero-order chi connectivity index (χ0) is 15.3. The first kappa shape index (κ1) is 16.4. The van der Waals surface area contributed by atoms with Gasteiger partial charge in [-0.15, -0.1) is 0 Å². The van der Waals surface area contributed by atoms with Crippen molar-refractivity contribution in [1.29, 1.82) is 0 Å². The van der Waals surface area contributed by atoms with Crippen molar-refractivity contribution in [3.8, 4) is 0 Å². The number of H-pyrrole nitrogens is 1. The number of nitrogens with zero attached hydrogens (tertiary/aromatic N) is 2. The molecule has 9 heteroatoms. The Morgan fingerprint density at radius 1 is 1.35 bits per heavy atom. The molecule has 1 aliphatic rings. The molecule has 0 spiro atoms. The van der Waals surface area contributed by atoms with Crippen molar-refractivity contribution >= 4 is 5.97 Å². The number of nitrogens with one attached hydrogen (secondary N) is 1. The van der Waals surface area contributed by atoms with Crippen molar-refractivity contribution in [1.82, 2.24) is 15.2 Å². The number of nitrogens with two attached hydrogens (primary N) is 1. The third-order valence-corrected chi connectivity index (χ3v) is 2.99. The zero-order valence-corrected chi connectivity index (χ0v) is 10.9. The molecule has 0 aliphatic heterocycles. The summed E-state index contributed by atoms with van der Waals surface area (Å²) in [5.41, 5.74) is 5.83. The van der Waals surface area contributed by atoms with Crippen molar-refractivity contribution in [3.05, 3.63) is 11.6 Å². The summed E-state index contributed by atoms with van der Waals surface area (Å²) in [5.74, 6) is -0.341. The molecule has 0 unspecified atom stereocenters. The molecule has 1 aromatic rings. The lowest BCUT2D eigenvalue weighted by Gasteiger charge is -2.23. The Hall–Kier alpha value is -1.64. The number of aromatic amines is 1. The van der Waals surface area contributed by atoms with Gasteiger partial charge in [0.1, 0.15) is 5.82 Å².